The molecule has 0 radical (unpaired) electrons. The van der Waals surface area contributed by atoms with Crippen LogP contribution in [0.5, 0.6) is 0 Å². The van der Waals surface area contributed by atoms with E-state index in [0.717, 1.165) is 44.9 Å². The molecule has 0 aliphatic rings. The molecular formula is C86H164O5. The zero-order valence-electron chi connectivity index (χ0n) is 62.2. The standard InChI is InChI=1S/C86H164O5/c1-3-5-7-9-11-13-15-17-19-21-23-25-27-29-31-33-35-37-39-41-42-43-44-45-47-49-51-53-55-57-59-61-63-65-67-69-71-73-75-77-79-81-86(89)91-84(82-87)83-90-85(88)80-78-76-74-72-70-68-66-64-62-60-58-56-54-52-50-48-46-40-38-36-34-32-30-28-26-24-22-20-18-16-14-12-10-8-6-4-2/h15,17,21,23,27,29,84,87H,3-14,16,18-20,22,24-26,28,30-83H2,1-2H3/b17-15-,23-21-,29-27-. The van der Waals surface area contributed by atoms with E-state index in [1.54, 1.807) is 0 Å². The first-order valence-electron chi connectivity index (χ1n) is 42.0. The maximum absolute atomic E-state index is 12.4. The molecule has 1 N–H and O–H groups in total. The van der Waals surface area contributed by atoms with Crippen LogP contribution in [0.2, 0.25) is 0 Å². The third-order valence-electron chi connectivity index (χ3n) is 19.7. The molecule has 0 bridgehead atoms. The highest BCUT2D eigenvalue weighted by Crippen LogP contribution is 2.21. The molecule has 5 nitrogen and oxygen atoms in total. The lowest BCUT2D eigenvalue weighted by molar-refractivity contribution is -0.161. The van der Waals surface area contributed by atoms with E-state index in [2.05, 4.69) is 50.3 Å². The molecule has 0 saturated heterocycles. The summed E-state index contributed by atoms with van der Waals surface area (Å²) in [6, 6.07) is 0. The topological polar surface area (TPSA) is 72.8 Å². The number of allylic oxidation sites excluding steroid dienone is 6. The van der Waals surface area contributed by atoms with Gasteiger partial charge in [-0.1, -0.05) is 455 Å². The van der Waals surface area contributed by atoms with Crippen molar-refractivity contribution < 1.29 is 24.2 Å². The Morgan fingerprint density at radius 3 is 0.659 bits per heavy atom. The van der Waals surface area contributed by atoms with Crippen LogP contribution < -0.4 is 0 Å². The second-order valence-electron chi connectivity index (χ2n) is 28.9. The molecule has 0 fully saturated rings. The fourth-order valence-electron chi connectivity index (χ4n) is 13.4. The van der Waals surface area contributed by atoms with Crippen molar-refractivity contribution in [2.75, 3.05) is 13.2 Å². The summed E-state index contributed by atoms with van der Waals surface area (Å²) in [5.74, 6) is -0.559. The van der Waals surface area contributed by atoms with E-state index < -0.39 is 6.10 Å². The molecule has 0 aromatic heterocycles. The first kappa shape index (κ1) is 89.1. The second-order valence-corrected chi connectivity index (χ2v) is 28.9. The zero-order valence-corrected chi connectivity index (χ0v) is 62.2. The van der Waals surface area contributed by atoms with Crippen LogP contribution in [0.25, 0.3) is 0 Å². The van der Waals surface area contributed by atoms with Gasteiger partial charge in [0, 0.05) is 12.8 Å². The smallest absolute Gasteiger partial charge is 0.306 e. The summed E-state index contributed by atoms with van der Waals surface area (Å²) >= 11 is 0. The monoisotopic (exact) mass is 1280 g/mol. The van der Waals surface area contributed by atoms with Gasteiger partial charge in [-0.25, -0.2) is 0 Å². The van der Waals surface area contributed by atoms with Crippen molar-refractivity contribution in [3.8, 4) is 0 Å². The van der Waals surface area contributed by atoms with E-state index in [1.807, 2.05) is 0 Å². The lowest BCUT2D eigenvalue weighted by atomic mass is 10.0. The highest BCUT2D eigenvalue weighted by atomic mass is 16.6. The largest absolute Gasteiger partial charge is 0.462 e. The quantitative estimate of drug-likeness (QED) is 0.0373. The van der Waals surface area contributed by atoms with Crippen LogP contribution in [0, 0.1) is 0 Å². The Balaban J connectivity index is 3.34. The Morgan fingerprint density at radius 1 is 0.253 bits per heavy atom. The molecule has 538 valence electrons. The van der Waals surface area contributed by atoms with Gasteiger partial charge in [0.05, 0.1) is 6.61 Å². The molecule has 0 spiro atoms. The molecule has 0 aliphatic carbocycles. The normalized spacial score (nSPS) is 12.3. The fourth-order valence-corrected chi connectivity index (χ4v) is 13.4. The summed E-state index contributed by atoms with van der Waals surface area (Å²) < 4.78 is 10.8. The van der Waals surface area contributed by atoms with Crippen LogP contribution in [0.1, 0.15) is 483 Å². The first-order chi connectivity index (χ1) is 45.1. The van der Waals surface area contributed by atoms with Crippen molar-refractivity contribution in [2.45, 2.75) is 489 Å². The van der Waals surface area contributed by atoms with Gasteiger partial charge in [-0.3, -0.25) is 9.59 Å². The predicted octanol–water partition coefficient (Wildman–Crippen LogP) is 29.6. The van der Waals surface area contributed by atoms with Gasteiger partial charge in [-0.05, 0) is 51.4 Å². The third-order valence-corrected chi connectivity index (χ3v) is 19.7. The van der Waals surface area contributed by atoms with Gasteiger partial charge in [-0.15, -0.1) is 0 Å². The summed E-state index contributed by atoms with van der Waals surface area (Å²) in [6.07, 6.45) is 111. The molecule has 0 amide bonds. The highest BCUT2D eigenvalue weighted by molar-refractivity contribution is 5.70. The van der Waals surface area contributed by atoms with Crippen LogP contribution in [-0.4, -0.2) is 36.4 Å². The van der Waals surface area contributed by atoms with Crippen LogP contribution in [-0.2, 0) is 19.1 Å². The van der Waals surface area contributed by atoms with Gasteiger partial charge in [0.1, 0.15) is 6.61 Å². The summed E-state index contributed by atoms with van der Waals surface area (Å²) in [6.45, 7) is 4.21. The third kappa shape index (κ3) is 80.5. The molecule has 5 heteroatoms. The Bertz CT molecular complexity index is 1450. The Hall–Kier alpha value is -1.88. The molecule has 1 unspecified atom stereocenters. The van der Waals surface area contributed by atoms with E-state index in [0.29, 0.717) is 12.8 Å². The maximum atomic E-state index is 12.4. The molecule has 91 heavy (non-hydrogen) atoms. The van der Waals surface area contributed by atoms with Gasteiger partial charge >= 0.3 is 11.9 Å². The minimum absolute atomic E-state index is 0.0573. The zero-order chi connectivity index (χ0) is 65.4. The van der Waals surface area contributed by atoms with Crippen LogP contribution in [0.4, 0.5) is 0 Å². The molecule has 0 aromatic rings. The molecule has 0 saturated carbocycles. The van der Waals surface area contributed by atoms with Crippen LogP contribution >= 0.6 is 0 Å². The van der Waals surface area contributed by atoms with E-state index >= 15 is 0 Å². The molecule has 0 aliphatic heterocycles. The van der Waals surface area contributed by atoms with E-state index in [4.69, 9.17) is 9.47 Å². The maximum Gasteiger partial charge on any atom is 0.306 e. The summed E-state index contributed by atoms with van der Waals surface area (Å²) in [4.78, 5) is 24.7. The fraction of sp³-hybridized carbons (Fsp3) is 0.907. The van der Waals surface area contributed by atoms with Crippen molar-refractivity contribution in [1.29, 1.82) is 0 Å². The van der Waals surface area contributed by atoms with E-state index in [9.17, 15) is 14.7 Å². The minimum Gasteiger partial charge on any atom is -0.462 e. The van der Waals surface area contributed by atoms with Crippen molar-refractivity contribution in [3.63, 3.8) is 0 Å². The van der Waals surface area contributed by atoms with Crippen molar-refractivity contribution in [1.82, 2.24) is 0 Å². The second kappa shape index (κ2) is 82.4. The number of carbonyl (C=O) groups is 2. The number of hydrogen-bond donors (Lipinski definition) is 1. The lowest BCUT2D eigenvalue weighted by Crippen LogP contribution is -2.28. The average molecular weight is 1280 g/mol. The number of rotatable bonds is 80. The minimum atomic E-state index is -0.769. The SMILES string of the molecule is CCCCCCC/C=C\C/C=C\C/C=C\CCCCCCCCCCCCCCCCCCCCCCCCCCCCC(=O)OC(CO)COC(=O)CCCCCCCCCCCCCCCCCCCCCCCCCCCCCCCCCCCCCC. The Labute approximate surface area is 571 Å². The lowest BCUT2D eigenvalue weighted by Gasteiger charge is -2.15. The van der Waals surface area contributed by atoms with Gasteiger partial charge < -0.3 is 14.6 Å². The van der Waals surface area contributed by atoms with Gasteiger partial charge in [0.15, 0.2) is 6.10 Å². The number of carbonyl (C=O) groups excluding carboxylic acids is 2. The number of esters is 2. The van der Waals surface area contributed by atoms with Gasteiger partial charge in [0.2, 0.25) is 0 Å². The number of aliphatic hydroxyl groups is 1. The van der Waals surface area contributed by atoms with Crippen molar-refractivity contribution in [2.24, 2.45) is 0 Å². The highest BCUT2D eigenvalue weighted by Gasteiger charge is 2.16. The van der Waals surface area contributed by atoms with E-state index in [-0.39, 0.29) is 25.2 Å². The molecule has 1 atom stereocenters. The summed E-state index contributed by atoms with van der Waals surface area (Å²) in [5, 5.41) is 9.74. The van der Waals surface area contributed by atoms with Crippen molar-refractivity contribution in [3.05, 3.63) is 36.5 Å². The van der Waals surface area contributed by atoms with Crippen LogP contribution in [0.3, 0.4) is 0 Å². The first-order valence-corrected chi connectivity index (χ1v) is 42.0. The Morgan fingerprint density at radius 2 is 0.440 bits per heavy atom. The molecule has 0 rings (SSSR count). The molecule has 0 aromatic carbocycles. The number of unbranched alkanes of at least 4 members (excludes halogenated alkanes) is 66. The average Bonchev–Trinajstić information content (AvgIpc) is 3.68. The summed E-state index contributed by atoms with van der Waals surface area (Å²) in [7, 11) is 0. The molecular weight excluding hydrogens is 1110 g/mol. The number of ether oxygens (including phenoxy) is 2. The Kier molecular flexibility index (Phi) is 80.6. The summed E-state index contributed by atoms with van der Waals surface area (Å²) in [5.41, 5.74) is 0. The number of hydrogen-bond acceptors (Lipinski definition) is 5. The van der Waals surface area contributed by atoms with Crippen molar-refractivity contribution >= 4 is 11.9 Å². The van der Waals surface area contributed by atoms with Gasteiger partial charge in [-0.2, -0.15) is 0 Å². The van der Waals surface area contributed by atoms with Gasteiger partial charge in [0.25, 0.3) is 0 Å². The predicted molar refractivity (Wildman–Crippen MR) is 404 cm³/mol. The van der Waals surface area contributed by atoms with Crippen LogP contribution in [0.15, 0.2) is 36.5 Å². The molecule has 0 heterocycles. The van der Waals surface area contributed by atoms with E-state index in [1.165, 1.54) is 411 Å². The number of aliphatic hydroxyl groups excluding tert-OH is 1.